The summed E-state index contributed by atoms with van der Waals surface area (Å²) in [5, 5.41) is -0.336. The predicted octanol–water partition coefficient (Wildman–Crippen LogP) is 3.58. The van der Waals surface area contributed by atoms with Gasteiger partial charge in [0.05, 0.1) is 74.8 Å². The lowest BCUT2D eigenvalue weighted by atomic mass is 9.74. The van der Waals surface area contributed by atoms with Crippen LogP contribution in [0.5, 0.6) is 0 Å². The maximum Gasteiger partial charge on any atom is 0.333 e. The Bertz CT molecular complexity index is 4070. The lowest BCUT2D eigenvalue weighted by molar-refractivity contribution is -0.441. The standard InChI is InChI=1S/C55H67N3O24S5/c1-36(9-15-47-54(2,19-7-31-83(62,63)64)52-41-32-37(84(65,66)67)34-45(86(71,72)73)39(41)12-14-44(52)57(47)22-24-77-4)10-16-48-55(3,20-23-79-27-28-81-30-29-80-26-25-78-5)53-42-33-38(85(68,69)70)35-46(87(74,75)76)40(42)11-13-43(53)56(48)21-6-8-51(61)82-58-49(59)17-18-50(58)60/h9-16,32-35H,6-8,17-31H2,1-5H3,(H4-,62,63,64,65,66,67,68,69,70,71,72,73,74,75,76)/p-4. The normalized spacial score (nSPS) is 19.2. The molecule has 1 fully saturated rings. The van der Waals surface area contributed by atoms with Gasteiger partial charge >= 0.3 is 5.97 Å². The summed E-state index contributed by atoms with van der Waals surface area (Å²) in [6, 6.07) is 8.34. The fourth-order valence-electron chi connectivity index (χ4n) is 11.1. The van der Waals surface area contributed by atoms with E-state index in [-0.39, 0.29) is 130 Å². The van der Waals surface area contributed by atoms with Crippen LogP contribution >= 0.6 is 0 Å². The van der Waals surface area contributed by atoms with E-state index in [2.05, 4.69) is 0 Å². The minimum Gasteiger partial charge on any atom is -0.748 e. The quantitative estimate of drug-likeness (QED) is 0.0228. The smallest absolute Gasteiger partial charge is 0.333 e. The van der Waals surface area contributed by atoms with Gasteiger partial charge in [0, 0.05) is 92.3 Å². The van der Waals surface area contributed by atoms with Crippen LogP contribution in [0.3, 0.4) is 0 Å². The number of anilines is 1. The number of ether oxygens (including phenoxy) is 5. The van der Waals surface area contributed by atoms with Crippen LogP contribution in [0, 0.1) is 0 Å². The highest BCUT2D eigenvalue weighted by Crippen LogP contribution is 2.54. The van der Waals surface area contributed by atoms with Gasteiger partial charge in [0.15, 0.2) is 12.3 Å². The molecular formula is C55H63N3O24S5-4. The number of fused-ring (bicyclic) bond motifs is 6. The molecule has 0 N–H and O–H groups in total. The van der Waals surface area contributed by atoms with Gasteiger partial charge in [-0.1, -0.05) is 23.8 Å². The number of carbonyl (C=O) groups is 3. The third-order valence-electron chi connectivity index (χ3n) is 15.1. The molecule has 2 unspecified atom stereocenters. The molecule has 7 rings (SSSR count). The zero-order valence-electron chi connectivity index (χ0n) is 47.8. The average molecular weight is 1310 g/mol. The maximum atomic E-state index is 13.2. The minimum absolute atomic E-state index is 0.0279. The van der Waals surface area contributed by atoms with E-state index in [1.54, 1.807) is 54.6 Å². The van der Waals surface area contributed by atoms with Gasteiger partial charge in [-0.05, 0) is 111 Å². The summed E-state index contributed by atoms with van der Waals surface area (Å²) in [7, 11) is -23.6. The Kier molecular flexibility index (Phi) is 21.6. The topological polar surface area (TPSA) is 402 Å². The number of benzene rings is 4. The number of allylic oxidation sites excluding steroid dienone is 6. The number of nitrogens with zero attached hydrogens (tertiary/aromatic N) is 3. The van der Waals surface area contributed by atoms with E-state index in [0.717, 1.165) is 12.1 Å². The van der Waals surface area contributed by atoms with E-state index in [4.69, 9.17) is 28.5 Å². The molecule has 4 aromatic rings. The van der Waals surface area contributed by atoms with Gasteiger partial charge in [-0.15, -0.1) is 5.06 Å². The highest BCUT2D eigenvalue weighted by molar-refractivity contribution is 7.87. The Morgan fingerprint density at radius 1 is 0.632 bits per heavy atom. The molecule has 32 heteroatoms. The van der Waals surface area contributed by atoms with E-state index < -0.39 is 105 Å². The summed E-state index contributed by atoms with van der Waals surface area (Å²) in [4.78, 5) is 40.6. The van der Waals surface area contributed by atoms with Crippen LogP contribution in [0.15, 0.2) is 104 Å². The molecule has 476 valence electrons. The molecule has 27 nitrogen and oxygen atoms in total. The van der Waals surface area contributed by atoms with Crippen molar-refractivity contribution >= 4 is 107 Å². The van der Waals surface area contributed by atoms with Crippen molar-refractivity contribution in [2.75, 3.05) is 90.8 Å². The molecule has 3 heterocycles. The summed E-state index contributed by atoms with van der Waals surface area (Å²) in [6.07, 6.45) is 5.41. The second kappa shape index (κ2) is 27.4. The summed E-state index contributed by atoms with van der Waals surface area (Å²) in [6.45, 7) is 6.42. The number of hydrogen-bond donors (Lipinski definition) is 0. The van der Waals surface area contributed by atoms with Crippen molar-refractivity contribution < 1.29 is 112 Å². The first kappa shape index (κ1) is 68.5. The van der Waals surface area contributed by atoms with Gasteiger partial charge in [-0.25, -0.2) is 46.9 Å². The average Bonchev–Trinajstić information content (AvgIpc) is 1.61. The van der Waals surface area contributed by atoms with E-state index in [1.165, 1.54) is 38.5 Å². The molecule has 2 amide bonds. The fourth-order valence-corrected chi connectivity index (χ4v) is 14.2. The van der Waals surface area contributed by atoms with Gasteiger partial charge in [0.1, 0.15) is 47.1 Å². The first-order valence-electron chi connectivity index (χ1n) is 26.9. The molecule has 0 aliphatic carbocycles. The lowest BCUT2D eigenvalue weighted by Crippen LogP contribution is -2.33. The van der Waals surface area contributed by atoms with Crippen LogP contribution in [0.4, 0.5) is 11.4 Å². The fraction of sp³-hybridized carbons (Fsp3) is 0.455. The number of imide groups is 1. The Morgan fingerprint density at radius 2 is 1.16 bits per heavy atom. The molecule has 0 spiro atoms. The summed E-state index contributed by atoms with van der Waals surface area (Å²) < 4.78 is 218. The van der Waals surface area contributed by atoms with Crippen molar-refractivity contribution in [1.29, 1.82) is 0 Å². The monoisotopic (exact) mass is 1310 g/mol. The zero-order chi connectivity index (χ0) is 64.1. The molecule has 0 radical (unpaired) electrons. The Hall–Kier alpha value is -5.95. The second-order valence-corrected chi connectivity index (χ2v) is 28.0. The first-order valence-corrected chi connectivity index (χ1v) is 34.1. The van der Waals surface area contributed by atoms with Crippen LogP contribution in [-0.2, 0) is 104 Å². The molecule has 87 heavy (non-hydrogen) atoms. The highest BCUT2D eigenvalue weighted by Gasteiger charge is 2.49. The largest absolute Gasteiger partial charge is 0.748 e. The maximum absolute atomic E-state index is 13.2. The van der Waals surface area contributed by atoms with Gasteiger partial charge in [0.25, 0.3) is 11.8 Å². The summed E-state index contributed by atoms with van der Waals surface area (Å²) in [5.74, 6) is -3.22. The number of amides is 2. The number of hydroxylamine groups is 2. The summed E-state index contributed by atoms with van der Waals surface area (Å²) >= 11 is 0. The zero-order valence-corrected chi connectivity index (χ0v) is 51.9. The van der Waals surface area contributed by atoms with Gasteiger partial charge in [-0.2, -0.15) is 4.58 Å². The molecule has 1 saturated heterocycles. The van der Waals surface area contributed by atoms with Crippen molar-refractivity contribution in [2.45, 2.75) is 96.1 Å². The number of methoxy groups -OCH3 is 2. The SMILES string of the molecule is COCCOCCOCCOCCC1(C)\C(=C/C=C(C)/C=C/C2=[N+](CCOC)c3ccc4c(S(=O)(=O)[O-])cc(S(=O)(=O)[O-])cc4c3C2(C)CCCS(=O)(=O)[O-])N(CCCC(=O)ON2C(=O)CCC2=O)c2ccc3c(S(=O)(=O)[O-])cc(S(=O)(=O)[O-])cc3c21. The molecule has 2 atom stereocenters. The van der Waals surface area contributed by atoms with E-state index in [0.29, 0.717) is 58.8 Å². The van der Waals surface area contributed by atoms with Crippen LogP contribution in [-0.4, -0.2) is 184 Å². The van der Waals surface area contributed by atoms with E-state index in [1.807, 2.05) is 0 Å². The highest BCUT2D eigenvalue weighted by atomic mass is 32.2. The number of carbonyl (C=O) groups excluding carboxylic acids is 3. The van der Waals surface area contributed by atoms with E-state index >= 15 is 0 Å². The van der Waals surface area contributed by atoms with Crippen molar-refractivity contribution in [2.24, 2.45) is 0 Å². The third-order valence-corrected chi connectivity index (χ3v) is 19.3. The number of hydrogen-bond acceptors (Lipinski definition) is 25. The molecular weight excluding hydrogens is 1250 g/mol. The van der Waals surface area contributed by atoms with Gasteiger partial charge in [0.2, 0.25) is 5.69 Å². The first-order chi connectivity index (χ1) is 40.7. The Balaban J connectivity index is 1.39. The van der Waals surface area contributed by atoms with Crippen LogP contribution in [0.25, 0.3) is 21.5 Å². The van der Waals surface area contributed by atoms with Crippen LogP contribution in [0.1, 0.15) is 76.8 Å². The van der Waals surface area contributed by atoms with Gasteiger partial charge < -0.3 is 56.2 Å². The van der Waals surface area contributed by atoms with Crippen molar-refractivity contribution in [3.05, 3.63) is 95.2 Å². The van der Waals surface area contributed by atoms with Crippen LogP contribution in [0.2, 0.25) is 0 Å². The molecule has 0 bridgehead atoms. The molecule has 0 saturated carbocycles. The molecule has 3 aliphatic rings. The van der Waals surface area contributed by atoms with E-state index in [9.17, 15) is 79.2 Å². The van der Waals surface area contributed by atoms with Gasteiger partial charge in [-0.3, -0.25) is 9.59 Å². The molecule has 0 aromatic heterocycles. The van der Waals surface area contributed by atoms with Crippen molar-refractivity contribution in [3.8, 4) is 0 Å². The Morgan fingerprint density at radius 3 is 1.69 bits per heavy atom. The molecule has 4 aromatic carbocycles. The predicted molar refractivity (Wildman–Crippen MR) is 304 cm³/mol. The lowest BCUT2D eigenvalue weighted by Gasteiger charge is -2.31. The minimum atomic E-state index is -5.47. The Labute approximate surface area is 503 Å². The molecule has 3 aliphatic heterocycles. The third kappa shape index (κ3) is 15.9. The van der Waals surface area contributed by atoms with Crippen molar-refractivity contribution in [1.82, 2.24) is 5.06 Å². The summed E-state index contributed by atoms with van der Waals surface area (Å²) in [5.41, 5.74) is -0.550. The van der Waals surface area contributed by atoms with Crippen LogP contribution < -0.4 is 4.90 Å². The number of rotatable bonds is 31. The second-order valence-electron chi connectivity index (χ2n) is 21.0. The van der Waals surface area contributed by atoms with Crippen molar-refractivity contribution in [3.63, 3.8) is 0 Å².